The Morgan fingerprint density at radius 1 is 1.03 bits per heavy atom. The molecule has 176 valence electrons. The van der Waals surface area contributed by atoms with Crippen molar-refractivity contribution in [3.63, 3.8) is 0 Å². The SMILES string of the molecule is COc1cc(N2C[C@H](C(=O)NCC3(c4ccccc4)CCCC3)CC2=O)cc(OC)c1OC. The largest absolute Gasteiger partial charge is 0.493 e. The molecular formula is C26H32N2O5. The van der Waals surface area contributed by atoms with E-state index in [1.807, 2.05) is 6.07 Å². The van der Waals surface area contributed by atoms with Gasteiger partial charge in [0, 0.05) is 37.1 Å². The maximum absolute atomic E-state index is 13.1. The van der Waals surface area contributed by atoms with E-state index in [1.165, 1.54) is 39.7 Å². The van der Waals surface area contributed by atoms with Crippen LogP contribution in [0.2, 0.25) is 0 Å². The van der Waals surface area contributed by atoms with E-state index in [2.05, 4.69) is 29.6 Å². The number of benzene rings is 2. The van der Waals surface area contributed by atoms with E-state index >= 15 is 0 Å². The van der Waals surface area contributed by atoms with Gasteiger partial charge in [0.1, 0.15) is 0 Å². The van der Waals surface area contributed by atoms with Gasteiger partial charge in [-0.3, -0.25) is 9.59 Å². The summed E-state index contributed by atoms with van der Waals surface area (Å²) in [6, 6.07) is 13.9. The molecule has 0 spiro atoms. The van der Waals surface area contributed by atoms with Crippen LogP contribution >= 0.6 is 0 Å². The van der Waals surface area contributed by atoms with E-state index in [0.29, 0.717) is 36.0 Å². The third-order valence-electron chi connectivity index (χ3n) is 7.00. The Labute approximate surface area is 195 Å². The highest BCUT2D eigenvalue weighted by Crippen LogP contribution is 2.43. The third kappa shape index (κ3) is 4.49. The summed E-state index contributed by atoms with van der Waals surface area (Å²) in [7, 11) is 4.61. The molecule has 1 saturated heterocycles. The second kappa shape index (κ2) is 9.73. The van der Waals surface area contributed by atoms with Crippen LogP contribution in [-0.4, -0.2) is 46.2 Å². The predicted molar refractivity (Wildman–Crippen MR) is 126 cm³/mol. The Hall–Kier alpha value is -3.22. The lowest BCUT2D eigenvalue weighted by Gasteiger charge is -2.30. The first-order valence-corrected chi connectivity index (χ1v) is 11.4. The summed E-state index contributed by atoms with van der Waals surface area (Å²) < 4.78 is 16.2. The van der Waals surface area contributed by atoms with Crippen molar-refractivity contribution in [2.75, 3.05) is 39.3 Å². The van der Waals surface area contributed by atoms with Crippen LogP contribution in [-0.2, 0) is 15.0 Å². The number of hydrogen-bond donors (Lipinski definition) is 1. The Morgan fingerprint density at radius 2 is 1.67 bits per heavy atom. The highest BCUT2D eigenvalue weighted by molar-refractivity contribution is 6.00. The summed E-state index contributed by atoms with van der Waals surface area (Å²) in [5.74, 6) is 0.846. The van der Waals surface area contributed by atoms with E-state index in [-0.39, 0.29) is 23.7 Å². The molecule has 1 N–H and O–H groups in total. The molecule has 0 radical (unpaired) electrons. The van der Waals surface area contributed by atoms with Crippen molar-refractivity contribution in [3.8, 4) is 17.2 Å². The number of hydrogen-bond acceptors (Lipinski definition) is 5. The van der Waals surface area contributed by atoms with Crippen LogP contribution in [0.5, 0.6) is 17.2 Å². The lowest BCUT2D eigenvalue weighted by molar-refractivity contribution is -0.126. The number of amides is 2. The van der Waals surface area contributed by atoms with Crippen molar-refractivity contribution in [3.05, 3.63) is 48.0 Å². The van der Waals surface area contributed by atoms with Crippen molar-refractivity contribution in [2.45, 2.75) is 37.5 Å². The standard InChI is InChI=1S/C26H32N2O5/c1-31-21-14-20(15-22(32-2)24(21)33-3)28-16-18(13-23(28)29)25(30)27-17-26(11-7-8-12-26)19-9-5-4-6-10-19/h4-6,9-10,14-15,18H,7-8,11-13,16-17H2,1-3H3,(H,27,30)/t18-/m1/s1. The van der Waals surface area contributed by atoms with Crippen LogP contribution in [0.1, 0.15) is 37.7 Å². The lowest BCUT2D eigenvalue weighted by atomic mass is 9.78. The Morgan fingerprint density at radius 3 is 2.24 bits per heavy atom. The van der Waals surface area contributed by atoms with E-state index in [0.717, 1.165) is 12.8 Å². The number of carbonyl (C=O) groups excluding carboxylic acids is 2. The summed E-state index contributed by atoms with van der Waals surface area (Å²) in [6.07, 6.45) is 4.65. The highest BCUT2D eigenvalue weighted by atomic mass is 16.5. The van der Waals surface area contributed by atoms with Crippen molar-refractivity contribution < 1.29 is 23.8 Å². The van der Waals surface area contributed by atoms with Gasteiger partial charge in [0.2, 0.25) is 17.6 Å². The van der Waals surface area contributed by atoms with Crippen molar-refractivity contribution in [1.29, 1.82) is 0 Å². The summed E-state index contributed by atoms with van der Waals surface area (Å²) in [5.41, 5.74) is 1.89. The molecule has 2 fully saturated rings. The fourth-order valence-corrected chi connectivity index (χ4v) is 5.17. The van der Waals surface area contributed by atoms with Gasteiger partial charge in [0.15, 0.2) is 11.5 Å². The van der Waals surface area contributed by atoms with Gasteiger partial charge in [-0.1, -0.05) is 43.2 Å². The number of methoxy groups -OCH3 is 3. The number of nitrogens with one attached hydrogen (secondary N) is 1. The zero-order chi connectivity index (χ0) is 23.4. The summed E-state index contributed by atoms with van der Waals surface area (Å²) >= 11 is 0. The van der Waals surface area contributed by atoms with Crippen LogP contribution in [0, 0.1) is 5.92 Å². The summed E-state index contributed by atoms with van der Waals surface area (Å²) in [5, 5.41) is 3.17. The van der Waals surface area contributed by atoms with Gasteiger partial charge in [-0.15, -0.1) is 0 Å². The van der Waals surface area contributed by atoms with Crippen molar-refractivity contribution >= 4 is 17.5 Å². The molecule has 0 aromatic heterocycles. The molecule has 2 aliphatic rings. The average Bonchev–Trinajstić information content (AvgIpc) is 3.49. The van der Waals surface area contributed by atoms with Crippen molar-refractivity contribution in [1.82, 2.24) is 5.32 Å². The smallest absolute Gasteiger partial charge is 0.227 e. The molecular weight excluding hydrogens is 420 g/mol. The zero-order valence-electron chi connectivity index (χ0n) is 19.6. The number of anilines is 1. The number of carbonyl (C=O) groups is 2. The monoisotopic (exact) mass is 452 g/mol. The normalized spacial score (nSPS) is 19.4. The fourth-order valence-electron chi connectivity index (χ4n) is 5.17. The number of nitrogens with zero attached hydrogens (tertiary/aromatic N) is 1. The van der Waals surface area contributed by atoms with Crippen molar-refractivity contribution in [2.24, 2.45) is 5.92 Å². The molecule has 1 aliphatic heterocycles. The first-order chi connectivity index (χ1) is 16.0. The fraction of sp³-hybridized carbons (Fsp3) is 0.462. The second-order valence-corrected chi connectivity index (χ2v) is 8.86. The van der Waals surface area contributed by atoms with Crippen LogP contribution in [0.15, 0.2) is 42.5 Å². The topological polar surface area (TPSA) is 77.1 Å². The molecule has 2 amide bonds. The summed E-state index contributed by atoms with van der Waals surface area (Å²) in [4.78, 5) is 27.5. The van der Waals surface area contributed by atoms with E-state index in [9.17, 15) is 9.59 Å². The highest BCUT2D eigenvalue weighted by Gasteiger charge is 2.39. The van der Waals surface area contributed by atoms with Crippen LogP contribution in [0.3, 0.4) is 0 Å². The first-order valence-electron chi connectivity index (χ1n) is 11.4. The van der Waals surface area contributed by atoms with Gasteiger partial charge < -0.3 is 24.4 Å². The number of rotatable bonds is 8. The van der Waals surface area contributed by atoms with Gasteiger partial charge in [-0.05, 0) is 18.4 Å². The molecule has 1 aliphatic carbocycles. The summed E-state index contributed by atoms with van der Waals surface area (Å²) in [6.45, 7) is 0.923. The molecule has 0 unspecified atom stereocenters. The number of ether oxygens (including phenoxy) is 3. The van der Waals surface area contributed by atoms with Crippen LogP contribution < -0.4 is 24.4 Å². The Bertz CT molecular complexity index is 976. The van der Waals surface area contributed by atoms with Gasteiger partial charge >= 0.3 is 0 Å². The Kier molecular flexibility index (Phi) is 6.77. The second-order valence-electron chi connectivity index (χ2n) is 8.86. The minimum Gasteiger partial charge on any atom is -0.493 e. The molecule has 2 aromatic rings. The zero-order valence-corrected chi connectivity index (χ0v) is 19.6. The minimum atomic E-state index is -0.397. The van der Waals surface area contributed by atoms with E-state index in [1.54, 1.807) is 17.0 Å². The van der Waals surface area contributed by atoms with Crippen LogP contribution in [0.25, 0.3) is 0 Å². The van der Waals surface area contributed by atoms with Gasteiger partial charge in [0.05, 0.1) is 32.9 Å². The minimum absolute atomic E-state index is 0.0179. The van der Waals surface area contributed by atoms with E-state index in [4.69, 9.17) is 14.2 Å². The molecule has 7 heteroatoms. The average molecular weight is 453 g/mol. The quantitative estimate of drug-likeness (QED) is 0.661. The van der Waals surface area contributed by atoms with Gasteiger partial charge in [-0.25, -0.2) is 0 Å². The maximum atomic E-state index is 13.1. The Balaban J connectivity index is 1.47. The molecule has 1 heterocycles. The molecule has 2 aromatic carbocycles. The van der Waals surface area contributed by atoms with Gasteiger partial charge in [0.25, 0.3) is 0 Å². The molecule has 7 nitrogen and oxygen atoms in total. The molecule has 1 atom stereocenters. The molecule has 1 saturated carbocycles. The first kappa shape index (κ1) is 23.0. The molecule has 4 rings (SSSR count). The maximum Gasteiger partial charge on any atom is 0.227 e. The third-order valence-corrected chi connectivity index (χ3v) is 7.00. The van der Waals surface area contributed by atoms with E-state index < -0.39 is 5.92 Å². The van der Waals surface area contributed by atoms with Gasteiger partial charge in [-0.2, -0.15) is 0 Å². The molecule has 33 heavy (non-hydrogen) atoms. The predicted octanol–water partition coefficient (Wildman–Crippen LogP) is 3.69. The lowest BCUT2D eigenvalue weighted by Crippen LogP contribution is -2.42. The van der Waals surface area contributed by atoms with Crippen LogP contribution in [0.4, 0.5) is 5.69 Å². The molecule has 0 bridgehead atoms.